The van der Waals surface area contributed by atoms with Gasteiger partial charge < -0.3 is 9.84 Å². The van der Waals surface area contributed by atoms with Crippen LogP contribution in [0.4, 0.5) is 5.69 Å². The van der Waals surface area contributed by atoms with Gasteiger partial charge in [0, 0.05) is 36.3 Å². The lowest BCUT2D eigenvalue weighted by Crippen LogP contribution is -2.37. The maximum atomic E-state index is 12.9. The number of aryl methyl sites for hydroxylation is 2. The highest BCUT2D eigenvalue weighted by Gasteiger charge is 2.26. The van der Waals surface area contributed by atoms with Crippen molar-refractivity contribution < 1.29 is 9.32 Å². The summed E-state index contributed by atoms with van der Waals surface area (Å²) in [5.74, 6) is 0.983. The highest BCUT2D eigenvalue weighted by Crippen LogP contribution is 2.24. The molecule has 1 N–H and O–H groups in total. The van der Waals surface area contributed by atoms with Crippen LogP contribution in [0.2, 0.25) is 5.02 Å². The molecule has 0 bridgehead atoms. The summed E-state index contributed by atoms with van der Waals surface area (Å²) in [4.78, 5) is 31.7. The third kappa shape index (κ3) is 4.36. The Kier molecular flexibility index (Phi) is 5.97. The number of fused-ring (bicyclic) bond motifs is 1. The summed E-state index contributed by atoms with van der Waals surface area (Å²) >= 11 is 6.05. The minimum absolute atomic E-state index is 0.000893. The number of likely N-dealkylation sites (tertiary alicyclic amines) is 1. The second-order valence-electron chi connectivity index (χ2n) is 8.67. The first-order valence-electron chi connectivity index (χ1n) is 11.2. The van der Waals surface area contributed by atoms with E-state index in [-0.39, 0.29) is 17.5 Å². The molecule has 1 saturated heterocycles. The molecule has 10 heteroatoms. The standard InChI is InChI=1S/C24H25ClN6O3/c1-29-19-7-6-18(13-20(19)30(2)24(29)33)26-23(32)15-8-10-31(11-9-15)14-21-27-22(28-34-21)16-4-3-5-17(25)12-16/h3-7,12-13,15H,8-11,14H2,1-2H3,(H,26,32). The molecule has 0 saturated carbocycles. The van der Waals surface area contributed by atoms with Crippen molar-refractivity contribution in [1.82, 2.24) is 24.2 Å². The first-order valence-corrected chi connectivity index (χ1v) is 11.5. The van der Waals surface area contributed by atoms with Gasteiger partial charge in [-0.3, -0.25) is 18.8 Å². The Bertz CT molecular complexity index is 1410. The van der Waals surface area contributed by atoms with E-state index < -0.39 is 0 Å². The first-order chi connectivity index (χ1) is 16.4. The summed E-state index contributed by atoms with van der Waals surface area (Å²) in [6, 6.07) is 12.9. The van der Waals surface area contributed by atoms with Crippen LogP contribution in [0.25, 0.3) is 22.4 Å². The van der Waals surface area contributed by atoms with E-state index in [4.69, 9.17) is 16.1 Å². The third-order valence-electron chi connectivity index (χ3n) is 6.41. The summed E-state index contributed by atoms with van der Waals surface area (Å²) in [6.45, 7) is 2.07. The van der Waals surface area contributed by atoms with Crippen molar-refractivity contribution in [2.45, 2.75) is 19.4 Å². The number of carbonyl (C=O) groups is 1. The molecule has 1 fully saturated rings. The minimum Gasteiger partial charge on any atom is -0.338 e. The van der Waals surface area contributed by atoms with Crippen LogP contribution < -0.4 is 11.0 Å². The molecule has 5 rings (SSSR count). The van der Waals surface area contributed by atoms with Gasteiger partial charge in [0.2, 0.25) is 17.6 Å². The Hall–Kier alpha value is -3.43. The molecule has 0 aliphatic carbocycles. The molecule has 1 aliphatic heterocycles. The van der Waals surface area contributed by atoms with Crippen molar-refractivity contribution in [3.8, 4) is 11.4 Å². The van der Waals surface area contributed by atoms with Gasteiger partial charge in [0.05, 0.1) is 17.6 Å². The second kappa shape index (κ2) is 9.08. The number of amides is 1. The van der Waals surface area contributed by atoms with Crippen molar-refractivity contribution in [3.63, 3.8) is 0 Å². The Morgan fingerprint density at radius 2 is 1.88 bits per heavy atom. The molecule has 2 aromatic heterocycles. The van der Waals surface area contributed by atoms with Crippen LogP contribution in [-0.2, 0) is 25.4 Å². The van der Waals surface area contributed by atoms with Crippen LogP contribution in [0, 0.1) is 5.92 Å². The highest BCUT2D eigenvalue weighted by molar-refractivity contribution is 6.30. The SMILES string of the molecule is Cn1c(=O)n(C)c2cc(NC(=O)C3CCN(Cc4nc(-c5cccc(Cl)c5)no4)CC3)ccc21. The quantitative estimate of drug-likeness (QED) is 0.470. The number of halogens is 1. The second-order valence-corrected chi connectivity index (χ2v) is 9.10. The number of hydrogen-bond acceptors (Lipinski definition) is 6. The average Bonchev–Trinajstić information content (AvgIpc) is 3.39. The van der Waals surface area contributed by atoms with E-state index in [2.05, 4.69) is 20.4 Å². The lowest BCUT2D eigenvalue weighted by atomic mass is 9.96. The molecule has 1 aliphatic rings. The zero-order valence-electron chi connectivity index (χ0n) is 19.0. The molecule has 34 heavy (non-hydrogen) atoms. The Labute approximate surface area is 200 Å². The van der Waals surface area contributed by atoms with Crippen molar-refractivity contribution >= 4 is 34.2 Å². The number of hydrogen-bond donors (Lipinski definition) is 1. The summed E-state index contributed by atoms with van der Waals surface area (Å²) in [5, 5.41) is 7.70. The number of rotatable bonds is 5. The van der Waals surface area contributed by atoms with Gasteiger partial charge in [0.25, 0.3) is 0 Å². The fourth-order valence-electron chi connectivity index (χ4n) is 4.44. The molecule has 4 aromatic rings. The Balaban J connectivity index is 1.17. The molecule has 0 atom stereocenters. The molecule has 2 aromatic carbocycles. The molecular weight excluding hydrogens is 456 g/mol. The molecule has 0 unspecified atom stereocenters. The summed E-state index contributed by atoms with van der Waals surface area (Å²) < 4.78 is 8.60. The van der Waals surface area contributed by atoms with Gasteiger partial charge in [-0.05, 0) is 56.3 Å². The number of piperidine rings is 1. The number of aromatic nitrogens is 4. The normalized spacial score (nSPS) is 15.1. The number of nitrogens with one attached hydrogen (secondary N) is 1. The number of anilines is 1. The topological polar surface area (TPSA) is 98.2 Å². The van der Waals surface area contributed by atoms with Crippen LogP contribution in [0.3, 0.4) is 0 Å². The lowest BCUT2D eigenvalue weighted by Gasteiger charge is -2.30. The molecule has 176 valence electrons. The monoisotopic (exact) mass is 480 g/mol. The van der Waals surface area contributed by atoms with E-state index in [0.717, 1.165) is 42.5 Å². The Morgan fingerprint density at radius 3 is 2.65 bits per heavy atom. The van der Waals surface area contributed by atoms with Gasteiger partial charge >= 0.3 is 5.69 Å². The fraction of sp³-hybridized carbons (Fsp3) is 0.333. The van der Waals surface area contributed by atoms with Crippen LogP contribution >= 0.6 is 11.6 Å². The largest absolute Gasteiger partial charge is 0.338 e. The predicted molar refractivity (Wildman–Crippen MR) is 130 cm³/mol. The number of benzene rings is 2. The van der Waals surface area contributed by atoms with E-state index in [1.807, 2.05) is 30.3 Å². The summed E-state index contributed by atoms with van der Waals surface area (Å²) in [7, 11) is 3.47. The number of carbonyl (C=O) groups excluding carboxylic acids is 1. The summed E-state index contributed by atoms with van der Waals surface area (Å²) in [5.41, 5.74) is 3.04. The van der Waals surface area contributed by atoms with Crippen LogP contribution in [-0.4, -0.2) is 43.2 Å². The van der Waals surface area contributed by atoms with Gasteiger partial charge in [-0.25, -0.2) is 4.79 Å². The van der Waals surface area contributed by atoms with E-state index in [1.54, 1.807) is 35.4 Å². The van der Waals surface area contributed by atoms with E-state index in [1.165, 1.54) is 0 Å². The molecule has 0 radical (unpaired) electrons. The van der Waals surface area contributed by atoms with Gasteiger partial charge in [0.15, 0.2) is 0 Å². The number of imidazole rings is 1. The maximum absolute atomic E-state index is 12.9. The molecule has 0 spiro atoms. The van der Waals surface area contributed by atoms with Crippen molar-refractivity contribution in [1.29, 1.82) is 0 Å². The van der Waals surface area contributed by atoms with Crippen LogP contribution in [0.15, 0.2) is 51.8 Å². The van der Waals surface area contributed by atoms with Crippen LogP contribution in [0.5, 0.6) is 0 Å². The highest BCUT2D eigenvalue weighted by atomic mass is 35.5. The average molecular weight is 481 g/mol. The zero-order chi connectivity index (χ0) is 23.8. The maximum Gasteiger partial charge on any atom is 0.328 e. The summed E-state index contributed by atoms with van der Waals surface area (Å²) in [6.07, 6.45) is 1.49. The molecule has 9 nitrogen and oxygen atoms in total. The fourth-order valence-corrected chi connectivity index (χ4v) is 4.63. The van der Waals surface area contributed by atoms with Gasteiger partial charge in [-0.2, -0.15) is 4.98 Å². The van der Waals surface area contributed by atoms with Crippen molar-refractivity contribution in [2.24, 2.45) is 20.0 Å². The Morgan fingerprint density at radius 1 is 1.12 bits per heavy atom. The van der Waals surface area contributed by atoms with E-state index in [9.17, 15) is 9.59 Å². The van der Waals surface area contributed by atoms with Crippen molar-refractivity contribution in [2.75, 3.05) is 18.4 Å². The van der Waals surface area contributed by atoms with Gasteiger partial charge in [-0.1, -0.05) is 28.9 Å². The van der Waals surface area contributed by atoms with Crippen molar-refractivity contribution in [3.05, 3.63) is 63.9 Å². The van der Waals surface area contributed by atoms with Gasteiger partial charge in [-0.15, -0.1) is 0 Å². The lowest BCUT2D eigenvalue weighted by molar-refractivity contribution is -0.121. The first kappa shape index (κ1) is 22.4. The third-order valence-corrected chi connectivity index (χ3v) is 6.64. The van der Waals surface area contributed by atoms with E-state index >= 15 is 0 Å². The van der Waals surface area contributed by atoms with Crippen LogP contribution in [0.1, 0.15) is 18.7 Å². The molecule has 3 heterocycles. The predicted octanol–water partition coefficient (Wildman–Crippen LogP) is 3.43. The smallest absolute Gasteiger partial charge is 0.328 e. The zero-order valence-corrected chi connectivity index (χ0v) is 19.7. The van der Waals surface area contributed by atoms with Gasteiger partial charge in [0.1, 0.15) is 0 Å². The van der Waals surface area contributed by atoms with E-state index in [0.29, 0.717) is 29.0 Å². The molecule has 1 amide bonds. The minimum atomic E-state index is -0.0909. The molecular formula is C24H25ClN6O3. The number of nitrogens with zero attached hydrogens (tertiary/aromatic N) is 5.